The number of carbonyl (C=O) groups excluding carboxylic acids is 1. The quantitative estimate of drug-likeness (QED) is 0.442. The van der Waals surface area contributed by atoms with Gasteiger partial charge in [-0.05, 0) is 79.3 Å². The van der Waals surface area contributed by atoms with Gasteiger partial charge < -0.3 is 10.6 Å². The van der Waals surface area contributed by atoms with E-state index in [1.165, 1.54) is 74.5 Å². The zero-order chi connectivity index (χ0) is 25.7. The van der Waals surface area contributed by atoms with Crippen molar-refractivity contribution in [3.63, 3.8) is 0 Å². The predicted molar refractivity (Wildman–Crippen MR) is 149 cm³/mol. The van der Waals surface area contributed by atoms with Gasteiger partial charge in [-0.25, -0.2) is 4.79 Å². The standard InChI is InChI=1S/C31H38N6O/c38-31-34-25-17-14-23-24(15-18-26(25)35-31)30(37-36-29(23)27-12-8-9-19-32-27)28-16-13-22(20-33-28)21-10-6-4-2-1-3-5-7-11-21/h8-9,12-13,16,19-21,25-26H,1-7,10-11,14-15,17-18H2,(H2,34,35,38)/t25-,26+/m1/s1. The van der Waals surface area contributed by atoms with Crippen LogP contribution in [0.15, 0.2) is 42.7 Å². The van der Waals surface area contributed by atoms with Gasteiger partial charge in [-0.1, -0.05) is 57.1 Å². The van der Waals surface area contributed by atoms with Crippen LogP contribution < -0.4 is 10.6 Å². The van der Waals surface area contributed by atoms with Crippen molar-refractivity contribution in [1.29, 1.82) is 0 Å². The molecule has 0 bridgehead atoms. The Labute approximate surface area is 225 Å². The third-order valence-electron chi connectivity index (χ3n) is 8.73. The van der Waals surface area contributed by atoms with E-state index >= 15 is 0 Å². The second-order valence-corrected chi connectivity index (χ2v) is 11.2. The van der Waals surface area contributed by atoms with Crippen molar-refractivity contribution >= 4 is 6.03 Å². The maximum absolute atomic E-state index is 12.1. The van der Waals surface area contributed by atoms with Crippen molar-refractivity contribution in [3.8, 4) is 22.8 Å². The molecule has 7 heteroatoms. The molecule has 198 valence electrons. The topological polar surface area (TPSA) is 92.7 Å². The van der Waals surface area contributed by atoms with Gasteiger partial charge in [0.15, 0.2) is 0 Å². The molecule has 3 aromatic heterocycles. The minimum absolute atomic E-state index is 0.0647. The van der Waals surface area contributed by atoms with Crippen LogP contribution in [0.4, 0.5) is 4.79 Å². The fourth-order valence-electron chi connectivity index (χ4n) is 6.62. The molecule has 0 aromatic carbocycles. The summed E-state index contributed by atoms with van der Waals surface area (Å²) in [6.45, 7) is 0. The normalized spacial score (nSPS) is 22.8. The minimum atomic E-state index is -0.0647. The van der Waals surface area contributed by atoms with Gasteiger partial charge in [-0.15, -0.1) is 10.2 Å². The number of nitrogens with one attached hydrogen (secondary N) is 2. The van der Waals surface area contributed by atoms with Crippen LogP contribution in [0.25, 0.3) is 22.8 Å². The second kappa shape index (κ2) is 11.6. The van der Waals surface area contributed by atoms with E-state index in [0.29, 0.717) is 5.92 Å². The molecular weight excluding hydrogens is 472 g/mol. The summed E-state index contributed by atoms with van der Waals surface area (Å²) in [6.07, 6.45) is 19.2. The number of urea groups is 1. The van der Waals surface area contributed by atoms with E-state index in [1.54, 1.807) is 6.20 Å². The van der Waals surface area contributed by atoms with Crippen molar-refractivity contribution in [2.75, 3.05) is 0 Å². The molecule has 6 rings (SSSR count). The van der Waals surface area contributed by atoms with Crippen LogP contribution in [0, 0.1) is 0 Å². The fourth-order valence-corrected chi connectivity index (χ4v) is 6.62. The van der Waals surface area contributed by atoms with Gasteiger partial charge in [0.1, 0.15) is 11.4 Å². The Morgan fingerprint density at radius 3 is 1.82 bits per heavy atom. The van der Waals surface area contributed by atoms with E-state index in [9.17, 15) is 4.79 Å². The average Bonchev–Trinajstić information content (AvgIpc) is 3.31. The van der Waals surface area contributed by atoms with Gasteiger partial charge >= 0.3 is 6.03 Å². The summed E-state index contributed by atoms with van der Waals surface area (Å²) in [4.78, 5) is 21.6. The summed E-state index contributed by atoms with van der Waals surface area (Å²) in [5.41, 5.74) is 7.18. The van der Waals surface area contributed by atoms with Gasteiger partial charge in [-0.3, -0.25) is 9.97 Å². The van der Waals surface area contributed by atoms with Crippen LogP contribution in [0.3, 0.4) is 0 Å². The first-order valence-electron chi connectivity index (χ1n) is 14.6. The summed E-state index contributed by atoms with van der Waals surface area (Å²) in [5.74, 6) is 0.600. The number of hydrogen-bond acceptors (Lipinski definition) is 5. The van der Waals surface area contributed by atoms with Crippen molar-refractivity contribution in [2.45, 2.75) is 101 Å². The molecule has 1 aliphatic heterocycles. The summed E-state index contributed by atoms with van der Waals surface area (Å²) < 4.78 is 0. The van der Waals surface area contributed by atoms with E-state index in [0.717, 1.165) is 48.5 Å². The predicted octanol–water partition coefficient (Wildman–Crippen LogP) is 6.14. The molecule has 2 N–H and O–H groups in total. The molecule has 2 fully saturated rings. The number of nitrogens with zero attached hydrogens (tertiary/aromatic N) is 4. The van der Waals surface area contributed by atoms with Gasteiger partial charge in [0, 0.05) is 12.4 Å². The molecule has 1 saturated carbocycles. The molecule has 0 unspecified atom stereocenters. The number of carbonyl (C=O) groups is 1. The number of rotatable bonds is 3. The van der Waals surface area contributed by atoms with Gasteiger partial charge in [-0.2, -0.15) is 0 Å². The lowest BCUT2D eigenvalue weighted by Crippen LogP contribution is -2.36. The van der Waals surface area contributed by atoms with Gasteiger partial charge in [0.05, 0.1) is 23.5 Å². The van der Waals surface area contributed by atoms with E-state index in [-0.39, 0.29) is 18.1 Å². The second-order valence-electron chi connectivity index (χ2n) is 11.2. The minimum Gasteiger partial charge on any atom is -0.333 e. The fraction of sp³-hybridized carbons (Fsp3) is 0.516. The number of fused-ring (bicyclic) bond motifs is 2. The summed E-state index contributed by atoms with van der Waals surface area (Å²) in [5, 5.41) is 15.7. The Bertz CT molecular complexity index is 1240. The monoisotopic (exact) mass is 510 g/mol. The lowest BCUT2D eigenvalue weighted by atomic mass is 9.86. The molecule has 1 saturated heterocycles. The number of hydrogen-bond donors (Lipinski definition) is 2. The Kier molecular flexibility index (Phi) is 7.61. The highest BCUT2D eigenvalue weighted by atomic mass is 16.2. The molecule has 0 radical (unpaired) electrons. The molecule has 2 atom stereocenters. The molecule has 2 amide bonds. The lowest BCUT2D eigenvalue weighted by molar-refractivity contribution is 0.246. The van der Waals surface area contributed by atoms with Crippen molar-refractivity contribution < 1.29 is 4.79 Å². The SMILES string of the molecule is O=C1N[C@H]2CCc3c(-c4ccc(C5CCCCCCCCC5)cn4)nnc(-c4ccccn4)c3CC[C@H]2N1. The highest BCUT2D eigenvalue weighted by molar-refractivity contribution is 5.77. The van der Waals surface area contributed by atoms with Crippen molar-refractivity contribution in [3.05, 3.63) is 59.4 Å². The summed E-state index contributed by atoms with van der Waals surface area (Å²) in [6, 6.07) is 10.5. The molecule has 7 nitrogen and oxygen atoms in total. The first-order valence-corrected chi connectivity index (χ1v) is 14.6. The molecule has 3 aliphatic rings. The Morgan fingerprint density at radius 1 is 0.658 bits per heavy atom. The number of amides is 2. The highest BCUT2D eigenvalue weighted by Crippen LogP contribution is 2.35. The van der Waals surface area contributed by atoms with E-state index in [4.69, 9.17) is 15.2 Å². The molecule has 4 heterocycles. The van der Waals surface area contributed by atoms with E-state index in [2.05, 4.69) is 33.9 Å². The Hall–Kier alpha value is -3.35. The van der Waals surface area contributed by atoms with Gasteiger partial charge in [0.2, 0.25) is 0 Å². The van der Waals surface area contributed by atoms with Crippen LogP contribution in [-0.4, -0.2) is 38.3 Å². The zero-order valence-corrected chi connectivity index (χ0v) is 22.2. The van der Waals surface area contributed by atoms with Crippen LogP contribution in [0.1, 0.15) is 93.2 Å². The van der Waals surface area contributed by atoms with Crippen LogP contribution in [-0.2, 0) is 12.8 Å². The maximum atomic E-state index is 12.1. The van der Waals surface area contributed by atoms with E-state index in [1.807, 2.05) is 18.2 Å². The molecule has 3 aromatic rings. The molecular formula is C31H38N6O. The van der Waals surface area contributed by atoms with Crippen molar-refractivity contribution in [1.82, 2.24) is 30.8 Å². The number of pyridine rings is 2. The zero-order valence-electron chi connectivity index (χ0n) is 22.2. The first-order chi connectivity index (χ1) is 18.8. The third kappa shape index (κ3) is 5.42. The lowest BCUT2D eigenvalue weighted by Gasteiger charge is -2.25. The van der Waals surface area contributed by atoms with Gasteiger partial charge in [0.25, 0.3) is 0 Å². The average molecular weight is 511 g/mol. The summed E-state index contributed by atoms with van der Waals surface area (Å²) in [7, 11) is 0. The van der Waals surface area contributed by atoms with Crippen LogP contribution >= 0.6 is 0 Å². The smallest absolute Gasteiger partial charge is 0.315 e. The summed E-state index contributed by atoms with van der Waals surface area (Å²) >= 11 is 0. The van der Waals surface area contributed by atoms with Crippen LogP contribution in [0.2, 0.25) is 0 Å². The van der Waals surface area contributed by atoms with Crippen LogP contribution in [0.5, 0.6) is 0 Å². The van der Waals surface area contributed by atoms with E-state index < -0.39 is 0 Å². The Balaban J connectivity index is 1.32. The highest BCUT2D eigenvalue weighted by Gasteiger charge is 2.34. The maximum Gasteiger partial charge on any atom is 0.315 e. The third-order valence-corrected chi connectivity index (χ3v) is 8.73. The molecule has 2 aliphatic carbocycles. The number of aromatic nitrogens is 4. The first kappa shape index (κ1) is 25.0. The molecule has 0 spiro atoms. The van der Waals surface area contributed by atoms with Crippen molar-refractivity contribution in [2.24, 2.45) is 0 Å². The molecule has 38 heavy (non-hydrogen) atoms. The largest absolute Gasteiger partial charge is 0.333 e. The Morgan fingerprint density at radius 2 is 1.26 bits per heavy atom.